The zero-order valence-electron chi connectivity index (χ0n) is 11.1. The van der Waals surface area contributed by atoms with E-state index in [1.807, 2.05) is 25.1 Å². The van der Waals surface area contributed by atoms with Crippen LogP contribution in [0.15, 0.2) is 18.2 Å². The minimum Gasteiger partial charge on any atom is -0.492 e. The average molecular weight is 306 g/mol. The summed E-state index contributed by atoms with van der Waals surface area (Å²) in [6.45, 7) is 2.55. The fraction of sp³-hybridized carbons (Fsp3) is 0.538. The zero-order chi connectivity index (χ0) is 14.3. The maximum atomic E-state index is 10.7. The molecule has 1 aromatic rings. The number of rotatable bonds is 8. The lowest BCUT2D eigenvalue weighted by molar-refractivity contribution is 0.305. The molecule has 0 fully saturated rings. The first-order chi connectivity index (χ1) is 8.88. The number of aryl methyl sites for hydroxylation is 1. The molecule has 1 aromatic carbocycles. The van der Waals surface area contributed by atoms with Gasteiger partial charge in [0.1, 0.15) is 5.75 Å². The number of unbranched alkanes of at least 4 members (excludes halogenated alkanes) is 3. The molecule has 1 rings (SSSR count). The summed E-state index contributed by atoms with van der Waals surface area (Å²) in [7, 11) is -3.32. The van der Waals surface area contributed by atoms with Gasteiger partial charge in [-0.05, 0) is 37.5 Å². The first-order valence-corrected chi connectivity index (χ1v) is 8.37. The largest absolute Gasteiger partial charge is 0.492 e. The molecule has 108 valence electrons. The number of hydrogen-bond donors (Lipinski definition) is 1. The molecule has 0 atom stereocenters. The average Bonchev–Trinajstić information content (AvgIpc) is 2.29. The van der Waals surface area contributed by atoms with Crippen LogP contribution in [0.3, 0.4) is 0 Å². The van der Waals surface area contributed by atoms with Gasteiger partial charge < -0.3 is 4.74 Å². The number of ether oxygens (including phenoxy) is 1. The van der Waals surface area contributed by atoms with Gasteiger partial charge in [-0.2, -0.15) is 0 Å². The predicted molar refractivity (Wildman–Crippen MR) is 78.1 cm³/mol. The highest BCUT2D eigenvalue weighted by molar-refractivity contribution is 7.89. The highest BCUT2D eigenvalue weighted by Gasteiger charge is 2.03. The summed E-state index contributed by atoms with van der Waals surface area (Å²) in [5.74, 6) is 0.745. The Bertz CT molecular complexity index is 503. The standard InChI is InChI=1S/C13H20ClNO3S/c1-11-6-7-13(12(14)10-11)18-8-4-2-3-5-9-19(15,16)17/h6-7,10H,2-5,8-9H2,1H3,(H2,15,16,17). The Morgan fingerprint density at radius 3 is 2.53 bits per heavy atom. The zero-order valence-corrected chi connectivity index (χ0v) is 12.6. The van der Waals surface area contributed by atoms with E-state index >= 15 is 0 Å². The third-order valence-corrected chi connectivity index (χ3v) is 3.82. The van der Waals surface area contributed by atoms with Gasteiger partial charge >= 0.3 is 0 Å². The second-order valence-corrected chi connectivity index (χ2v) is 6.70. The minimum absolute atomic E-state index is 0.0532. The molecule has 0 saturated carbocycles. The van der Waals surface area contributed by atoms with E-state index in [0.29, 0.717) is 23.8 Å². The van der Waals surface area contributed by atoms with Crippen LogP contribution in [0, 0.1) is 6.92 Å². The maximum Gasteiger partial charge on any atom is 0.209 e. The summed E-state index contributed by atoms with van der Waals surface area (Å²) in [6.07, 6.45) is 3.22. The lowest BCUT2D eigenvalue weighted by Crippen LogP contribution is -2.16. The predicted octanol–water partition coefficient (Wildman–Crippen LogP) is 2.88. The highest BCUT2D eigenvalue weighted by Crippen LogP contribution is 2.25. The number of sulfonamides is 1. The summed E-state index contributed by atoms with van der Waals surface area (Å²) >= 11 is 6.04. The quantitative estimate of drug-likeness (QED) is 0.751. The summed E-state index contributed by atoms with van der Waals surface area (Å²) in [6, 6.07) is 5.68. The van der Waals surface area contributed by atoms with Gasteiger partial charge in [0, 0.05) is 0 Å². The van der Waals surface area contributed by atoms with Crippen LogP contribution in [0.2, 0.25) is 5.02 Å². The third-order valence-electron chi connectivity index (χ3n) is 2.67. The molecule has 0 amide bonds. The minimum atomic E-state index is -3.32. The molecule has 0 aromatic heterocycles. The molecule has 0 saturated heterocycles. The SMILES string of the molecule is Cc1ccc(OCCCCCCS(N)(=O)=O)c(Cl)c1. The van der Waals surface area contributed by atoms with E-state index in [4.69, 9.17) is 21.5 Å². The Morgan fingerprint density at radius 1 is 1.21 bits per heavy atom. The van der Waals surface area contributed by atoms with E-state index in [2.05, 4.69) is 0 Å². The van der Waals surface area contributed by atoms with E-state index < -0.39 is 10.0 Å². The lowest BCUT2D eigenvalue weighted by atomic mass is 10.2. The monoisotopic (exact) mass is 305 g/mol. The van der Waals surface area contributed by atoms with Gasteiger partial charge in [-0.1, -0.05) is 30.5 Å². The number of halogens is 1. The smallest absolute Gasteiger partial charge is 0.209 e. The van der Waals surface area contributed by atoms with Crippen LogP contribution in [0.5, 0.6) is 5.75 Å². The van der Waals surface area contributed by atoms with Crippen LogP contribution in [0.4, 0.5) is 0 Å². The van der Waals surface area contributed by atoms with Crippen LogP contribution >= 0.6 is 11.6 Å². The Hall–Kier alpha value is -0.780. The van der Waals surface area contributed by atoms with E-state index in [-0.39, 0.29) is 5.75 Å². The van der Waals surface area contributed by atoms with E-state index in [1.165, 1.54) is 0 Å². The molecular weight excluding hydrogens is 286 g/mol. The van der Waals surface area contributed by atoms with Crippen LogP contribution in [-0.2, 0) is 10.0 Å². The Balaban J connectivity index is 2.14. The van der Waals surface area contributed by atoms with E-state index in [0.717, 1.165) is 24.8 Å². The van der Waals surface area contributed by atoms with Gasteiger partial charge in [0.2, 0.25) is 10.0 Å². The van der Waals surface area contributed by atoms with Crippen molar-refractivity contribution in [2.75, 3.05) is 12.4 Å². The van der Waals surface area contributed by atoms with Gasteiger partial charge in [0.25, 0.3) is 0 Å². The van der Waals surface area contributed by atoms with Gasteiger partial charge in [0.15, 0.2) is 0 Å². The Kier molecular flexibility index (Phi) is 6.62. The number of nitrogens with two attached hydrogens (primary N) is 1. The van der Waals surface area contributed by atoms with Crippen molar-refractivity contribution >= 4 is 21.6 Å². The Labute approximate surface area is 120 Å². The van der Waals surface area contributed by atoms with Crippen molar-refractivity contribution in [1.29, 1.82) is 0 Å². The van der Waals surface area contributed by atoms with Crippen molar-refractivity contribution < 1.29 is 13.2 Å². The molecular formula is C13H20ClNO3S. The van der Waals surface area contributed by atoms with Gasteiger partial charge in [0.05, 0.1) is 17.4 Å². The van der Waals surface area contributed by atoms with Gasteiger partial charge in [-0.3, -0.25) is 0 Å². The summed E-state index contributed by atoms with van der Waals surface area (Å²) < 4.78 is 27.0. The third kappa shape index (κ3) is 7.40. The van der Waals surface area contributed by atoms with Gasteiger partial charge in [-0.25, -0.2) is 13.6 Å². The molecule has 0 aliphatic carbocycles. The molecule has 0 aliphatic rings. The van der Waals surface area contributed by atoms with Crippen LogP contribution in [0.1, 0.15) is 31.2 Å². The van der Waals surface area contributed by atoms with E-state index in [1.54, 1.807) is 0 Å². The summed E-state index contributed by atoms with van der Waals surface area (Å²) in [5.41, 5.74) is 1.10. The number of primary sulfonamides is 1. The van der Waals surface area contributed by atoms with Crippen molar-refractivity contribution in [2.24, 2.45) is 5.14 Å². The van der Waals surface area contributed by atoms with Crippen molar-refractivity contribution in [3.05, 3.63) is 28.8 Å². The number of benzene rings is 1. The van der Waals surface area contributed by atoms with Gasteiger partial charge in [-0.15, -0.1) is 0 Å². The second kappa shape index (κ2) is 7.72. The molecule has 0 unspecified atom stereocenters. The molecule has 0 bridgehead atoms. The first kappa shape index (κ1) is 16.3. The summed E-state index contributed by atoms with van der Waals surface area (Å²) in [5, 5.41) is 5.53. The topological polar surface area (TPSA) is 69.4 Å². The van der Waals surface area contributed by atoms with E-state index in [9.17, 15) is 8.42 Å². The lowest BCUT2D eigenvalue weighted by Gasteiger charge is -2.08. The number of hydrogen-bond acceptors (Lipinski definition) is 3. The van der Waals surface area contributed by atoms with Crippen molar-refractivity contribution in [1.82, 2.24) is 0 Å². The summed E-state index contributed by atoms with van der Waals surface area (Å²) in [4.78, 5) is 0. The Morgan fingerprint density at radius 2 is 1.89 bits per heavy atom. The fourth-order valence-corrected chi connectivity index (χ4v) is 2.56. The molecule has 19 heavy (non-hydrogen) atoms. The van der Waals surface area contributed by atoms with Crippen molar-refractivity contribution in [2.45, 2.75) is 32.6 Å². The molecule has 6 heteroatoms. The first-order valence-electron chi connectivity index (χ1n) is 6.28. The fourth-order valence-electron chi connectivity index (χ4n) is 1.66. The second-order valence-electron chi connectivity index (χ2n) is 4.56. The molecule has 2 N–H and O–H groups in total. The molecule has 0 radical (unpaired) electrons. The molecule has 0 spiro atoms. The van der Waals surface area contributed by atoms with Crippen molar-refractivity contribution in [3.63, 3.8) is 0 Å². The van der Waals surface area contributed by atoms with Crippen LogP contribution in [0.25, 0.3) is 0 Å². The molecule has 0 aliphatic heterocycles. The molecule has 4 nitrogen and oxygen atoms in total. The van der Waals surface area contributed by atoms with Crippen molar-refractivity contribution in [3.8, 4) is 5.75 Å². The van der Waals surface area contributed by atoms with Crippen LogP contribution in [-0.4, -0.2) is 20.8 Å². The highest BCUT2D eigenvalue weighted by atomic mass is 35.5. The normalized spacial score (nSPS) is 11.5. The van der Waals surface area contributed by atoms with Crippen LogP contribution < -0.4 is 9.88 Å². The maximum absolute atomic E-state index is 10.7. The molecule has 0 heterocycles.